The maximum atomic E-state index is 9.79. The third-order valence-corrected chi connectivity index (χ3v) is 2.34. The van der Waals surface area contributed by atoms with E-state index in [0.29, 0.717) is 31.7 Å². The highest BCUT2D eigenvalue weighted by Gasteiger charge is 2.04. The normalized spacial score (nSPS) is 8.65. The van der Waals surface area contributed by atoms with E-state index in [9.17, 15) is 4.79 Å². The van der Waals surface area contributed by atoms with E-state index in [-0.39, 0.29) is 5.92 Å². The minimum Gasteiger partial charge on any atom is -0.468 e. The molecule has 0 spiro atoms. The van der Waals surface area contributed by atoms with Gasteiger partial charge < -0.3 is 9.62 Å². The molecule has 0 bridgehead atoms. The molecule has 0 radical (unpaired) electrons. The SMILES string of the molecule is C#CCC(CC#C)COC=O.Cc1ccc(OO)cc1. The van der Waals surface area contributed by atoms with E-state index in [2.05, 4.69) is 21.5 Å². The Labute approximate surface area is 119 Å². The van der Waals surface area contributed by atoms with E-state index >= 15 is 0 Å². The van der Waals surface area contributed by atoms with Crippen LogP contribution in [-0.2, 0) is 9.53 Å². The summed E-state index contributed by atoms with van der Waals surface area (Å²) in [5.74, 6) is 5.52. The van der Waals surface area contributed by atoms with Gasteiger partial charge in [0.2, 0.25) is 0 Å². The van der Waals surface area contributed by atoms with E-state index in [1.165, 1.54) is 0 Å². The molecule has 4 heteroatoms. The molecule has 106 valence electrons. The van der Waals surface area contributed by atoms with Gasteiger partial charge in [0.05, 0.1) is 6.61 Å². The second-order valence-corrected chi connectivity index (χ2v) is 4.02. The highest BCUT2D eigenvalue weighted by Crippen LogP contribution is 2.09. The van der Waals surface area contributed by atoms with Gasteiger partial charge in [-0.2, -0.15) is 0 Å². The Kier molecular flexibility index (Phi) is 10.2. The number of rotatable bonds is 6. The van der Waals surface area contributed by atoms with Crippen LogP contribution in [0.1, 0.15) is 18.4 Å². The van der Waals surface area contributed by atoms with E-state index in [1.807, 2.05) is 19.1 Å². The van der Waals surface area contributed by atoms with Gasteiger partial charge in [-0.15, -0.1) is 24.7 Å². The summed E-state index contributed by atoms with van der Waals surface area (Å²) in [6.45, 7) is 2.69. The Morgan fingerprint density at radius 3 is 2.20 bits per heavy atom. The van der Waals surface area contributed by atoms with Gasteiger partial charge in [-0.1, -0.05) is 17.7 Å². The summed E-state index contributed by atoms with van der Waals surface area (Å²) in [6.07, 6.45) is 11.2. The third kappa shape index (κ3) is 8.63. The topological polar surface area (TPSA) is 55.8 Å². The molecule has 1 aromatic rings. The number of benzene rings is 1. The molecule has 0 amide bonds. The lowest BCUT2D eigenvalue weighted by Crippen LogP contribution is -2.07. The van der Waals surface area contributed by atoms with Crippen molar-refractivity contribution < 1.29 is 19.7 Å². The molecule has 0 aromatic heterocycles. The molecular formula is C16H18O4. The molecule has 0 fully saturated rings. The zero-order valence-corrected chi connectivity index (χ0v) is 11.4. The summed E-state index contributed by atoms with van der Waals surface area (Å²) in [4.78, 5) is 13.8. The van der Waals surface area contributed by atoms with Gasteiger partial charge in [-0.25, -0.2) is 5.26 Å². The molecule has 20 heavy (non-hydrogen) atoms. The number of ether oxygens (including phenoxy) is 1. The molecule has 0 heterocycles. The number of hydrogen-bond donors (Lipinski definition) is 1. The van der Waals surface area contributed by atoms with Gasteiger partial charge in [0.25, 0.3) is 6.47 Å². The fourth-order valence-electron chi connectivity index (χ4n) is 1.30. The van der Waals surface area contributed by atoms with Crippen molar-refractivity contribution in [1.82, 2.24) is 0 Å². The molecule has 0 atom stereocenters. The molecular weight excluding hydrogens is 256 g/mol. The number of carbonyl (C=O) groups excluding carboxylic acids is 1. The summed E-state index contributed by atoms with van der Waals surface area (Å²) in [7, 11) is 0. The zero-order valence-electron chi connectivity index (χ0n) is 11.4. The van der Waals surface area contributed by atoms with Crippen LogP contribution in [0.25, 0.3) is 0 Å². The maximum absolute atomic E-state index is 9.79. The van der Waals surface area contributed by atoms with Crippen LogP contribution in [0, 0.1) is 37.5 Å². The number of aryl methyl sites for hydroxylation is 1. The maximum Gasteiger partial charge on any atom is 0.293 e. The fraction of sp³-hybridized carbons (Fsp3) is 0.312. The molecule has 1 N–H and O–H groups in total. The second kappa shape index (κ2) is 11.6. The number of carbonyl (C=O) groups is 1. The van der Waals surface area contributed by atoms with Gasteiger partial charge in [0.15, 0.2) is 5.75 Å². The molecule has 1 aromatic carbocycles. The second-order valence-electron chi connectivity index (χ2n) is 4.02. The van der Waals surface area contributed by atoms with E-state index < -0.39 is 0 Å². The lowest BCUT2D eigenvalue weighted by molar-refractivity contribution is -0.137. The first-order chi connectivity index (χ1) is 9.67. The largest absolute Gasteiger partial charge is 0.468 e. The standard InChI is InChI=1S/C9H10O2.C7H8O2/c1-3-5-9(6-4-2)7-11-8-10;1-6-2-4-7(9-8)5-3-6/h1-2,8-9H,5-7H2;2-5,8H,1H3. The Balaban J connectivity index is 0.000000367. The fourth-order valence-corrected chi connectivity index (χ4v) is 1.30. The predicted octanol–water partition coefficient (Wildman–Crippen LogP) is 2.67. The highest BCUT2D eigenvalue weighted by atomic mass is 17.1. The molecule has 0 saturated carbocycles. The first kappa shape index (κ1) is 17.6. The highest BCUT2D eigenvalue weighted by molar-refractivity contribution is 5.36. The summed E-state index contributed by atoms with van der Waals surface area (Å²) < 4.78 is 4.53. The lowest BCUT2D eigenvalue weighted by atomic mass is 10.0. The van der Waals surface area contributed by atoms with Crippen molar-refractivity contribution in [2.45, 2.75) is 19.8 Å². The average Bonchev–Trinajstić information content (AvgIpc) is 2.47. The minimum absolute atomic E-state index is 0.107. The van der Waals surface area contributed by atoms with Crippen molar-refractivity contribution in [2.24, 2.45) is 5.92 Å². The number of hydrogen-bond acceptors (Lipinski definition) is 4. The smallest absolute Gasteiger partial charge is 0.293 e. The van der Waals surface area contributed by atoms with E-state index in [1.54, 1.807) is 12.1 Å². The predicted molar refractivity (Wildman–Crippen MR) is 76.8 cm³/mol. The quantitative estimate of drug-likeness (QED) is 0.375. The van der Waals surface area contributed by atoms with Gasteiger partial charge in [0, 0.05) is 18.8 Å². The van der Waals surface area contributed by atoms with Crippen molar-refractivity contribution in [2.75, 3.05) is 6.61 Å². The Morgan fingerprint density at radius 2 is 1.80 bits per heavy atom. The summed E-state index contributed by atoms with van der Waals surface area (Å²) in [6, 6.07) is 7.14. The zero-order chi connectivity index (χ0) is 15.2. The van der Waals surface area contributed by atoms with Crippen molar-refractivity contribution in [3.8, 4) is 30.4 Å². The summed E-state index contributed by atoms with van der Waals surface area (Å²) in [5.41, 5.74) is 1.15. The molecule has 1 rings (SSSR count). The van der Waals surface area contributed by atoms with Crippen molar-refractivity contribution >= 4 is 6.47 Å². The lowest BCUT2D eigenvalue weighted by Gasteiger charge is -2.07. The van der Waals surface area contributed by atoms with Crippen LogP contribution in [0.2, 0.25) is 0 Å². The molecule has 0 aliphatic carbocycles. The van der Waals surface area contributed by atoms with Crippen LogP contribution in [0.4, 0.5) is 0 Å². The van der Waals surface area contributed by atoms with Crippen molar-refractivity contribution in [1.29, 1.82) is 0 Å². The molecule has 0 aliphatic heterocycles. The van der Waals surface area contributed by atoms with Gasteiger partial charge in [-0.3, -0.25) is 4.79 Å². The summed E-state index contributed by atoms with van der Waals surface area (Å²) >= 11 is 0. The average molecular weight is 274 g/mol. The van der Waals surface area contributed by atoms with Gasteiger partial charge >= 0.3 is 0 Å². The van der Waals surface area contributed by atoms with Crippen LogP contribution in [0.5, 0.6) is 5.75 Å². The van der Waals surface area contributed by atoms with Gasteiger partial charge in [-0.05, 0) is 19.1 Å². The van der Waals surface area contributed by atoms with Gasteiger partial charge in [0.1, 0.15) is 0 Å². The molecule has 4 nitrogen and oxygen atoms in total. The first-order valence-corrected chi connectivity index (χ1v) is 5.98. The third-order valence-electron chi connectivity index (χ3n) is 2.34. The van der Waals surface area contributed by atoms with Crippen molar-refractivity contribution in [3.63, 3.8) is 0 Å². The Bertz CT molecular complexity index is 435. The van der Waals surface area contributed by atoms with Crippen molar-refractivity contribution in [3.05, 3.63) is 29.8 Å². The first-order valence-electron chi connectivity index (χ1n) is 5.98. The molecule has 0 aliphatic rings. The van der Waals surface area contributed by atoms with Crippen LogP contribution in [0.15, 0.2) is 24.3 Å². The van der Waals surface area contributed by atoms with Crippen LogP contribution < -0.4 is 4.89 Å². The Hall–Kier alpha value is -2.43. The van der Waals surface area contributed by atoms with E-state index in [4.69, 9.17) is 18.1 Å². The van der Waals surface area contributed by atoms with Crippen LogP contribution in [0.3, 0.4) is 0 Å². The van der Waals surface area contributed by atoms with Crippen LogP contribution >= 0.6 is 0 Å². The number of terminal acetylenes is 2. The van der Waals surface area contributed by atoms with Crippen LogP contribution in [-0.4, -0.2) is 18.3 Å². The Morgan fingerprint density at radius 1 is 1.25 bits per heavy atom. The van der Waals surface area contributed by atoms with E-state index in [0.717, 1.165) is 5.56 Å². The monoisotopic (exact) mass is 274 g/mol. The summed E-state index contributed by atoms with van der Waals surface area (Å²) in [5, 5.41) is 8.13. The molecule has 0 saturated heterocycles. The molecule has 0 unspecified atom stereocenters. The minimum atomic E-state index is 0.107.